The Bertz CT molecular complexity index is 433. The van der Waals surface area contributed by atoms with E-state index in [0.717, 1.165) is 26.1 Å². The number of methoxy groups -OCH3 is 1. The lowest BCUT2D eigenvalue weighted by atomic mass is 10.1. The molecule has 3 nitrogen and oxygen atoms in total. The van der Waals surface area contributed by atoms with Crippen LogP contribution in [0.25, 0.3) is 12.2 Å². The highest BCUT2D eigenvalue weighted by Crippen LogP contribution is 1.97. The number of rotatable bonds is 6. The second-order valence-electron chi connectivity index (χ2n) is 4.12. The molecule has 2 rings (SSSR count). The smallest absolute Gasteiger partial charge is 0.0587 e. The molecule has 3 heteroatoms. The van der Waals surface area contributed by atoms with Crippen molar-refractivity contribution in [2.75, 3.05) is 26.8 Å². The minimum absolute atomic E-state index is 0.783. The normalized spacial score (nSPS) is 14.1. The van der Waals surface area contributed by atoms with E-state index >= 15 is 0 Å². The Morgan fingerprint density at radius 3 is 3.06 bits per heavy atom. The summed E-state index contributed by atoms with van der Waals surface area (Å²) >= 11 is 0. The SMILES string of the molecule is COCCNCCc1c[nH]c2c1=CCCC=2. The molecule has 16 heavy (non-hydrogen) atoms. The van der Waals surface area contributed by atoms with E-state index in [1.54, 1.807) is 7.11 Å². The Hall–Kier alpha value is -1.06. The van der Waals surface area contributed by atoms with Crippen molar-refractivity contribution in [2.45, 2.75) is 19.3 Å². The van der Waals surface area contributed by atoms with E-state index in [4.69, 9.17) is 4.74 Å². The van der Waals surface area contributed by atoms with Crippen LogP contribution in [-0.2, 0) is 11.2 Å². The zero-order valence-corrected chi connectivity index (χ0v) is 9.88. The zero-order valence-electron chi connectivity index (χ0n) is 9.88. The van der Waals surface area contributed by atoms with E-state index < -0.39 is 0 Å². The molecule has 0 bridgehead atoms. The Kier molecular flexibility index (Phi) is 4.19. The molecule has 2 N–H and O–H groups in total. The summed E-state index contributed by atoms with van der Waals surface area (Å²) in [5.74, 6) is 0. The number of hydrogen-bond donors (Lipinski definition) is 2. The molecule has 1 aliphatic carbocycles. The molecule has 1 heterocycles. The summed E-state index contributed by atoms with van der Waals surface area (Å²) in [5.41, 5.74) is 1.43. The fraction of sp³-hybridized carbons (Fsp3) is 0.538. The first kappa shape index (κ1) is 11.4. The van der Waals surface area contributed by atoms with Gasteiger partial charge >= 0.3 is 0 Å². The second-order valence-corrected chi connectivity index (χ2v) is 4.12. The van der Waals surface area contributed by atoms with Crippen LogP contribution in [-0.4, -0.2) is 31.8 Å². The van der Waals surface area contributed by atoms with E-state index in [-0.39, 0.29) is 0 Å². The van der Waals surface area contributed by atoms with Gasteiger partial charge in [-0.3, -0.25) is 0 Å². The van der Waals surface area contributed by atoms with Gasteiger partial charge in [-0.2, -0.15) is 0 Å². The number of nitrogens with one attached hydrogen (secondary N) is 2. The molecule has 0 atom stereocenters. The Balaban J connectivity index is 1.89. The molecule has 0 amide bonds. The summed E-state index contributed by atoms with van der Waals surface area (Å²) in [7, 11) is 1.73. The first-order chi connectivity index (χ1) is 7.92. The van der Waals surface area contributed by atoms with Crippen molar-refractivity contribution in [1.82, 2.24) is 10.3 Å². The van der Waals surface area contributed by atoms with Gasteiger partial charge in [0.15, 0.2) is 0 Å². The van der Waals surface area contributed by atoms with Crippen LogP contribution in [0.2, 0.25) is 0 Å². The molecule has 1 aliphatic rings. The molecule has 0 aromatic carbocycles. The minimum Gasteiger partial charge on any atom is -0.383 e. The highest BCUT2D eigenvalue weighted by Gasteiger charge is 2.01. The van der Waals surface area contributed by atoms with Crippen LogP contribution in [0.4, 0.5) is 0 Å². The van der Waals surface area contributed by atoms with Gasteiger partial charge in [0.2, 0.25) is 0 Å². The van der Waals surface area contributed by atoms with Gasteiger partial charge in [-0.1, -0.05) is 12.2 Å². The van der Waals surface area contributed by atoms with Gasteiger partial charge in [0, 0.05) is 25.2 Å². The summed E-state index contributed by atoms with van der Waals surface area (Å²) in [6.07, 6.45) is 10.2. The molecule has 0 fully saturated rings. The van der Waals surface area contributed by atoms with Crippen LogP contribution < -0.4 is 15.9 Å². The predicted molar refractivity (Wildman–Crippen MR) is 66.7 cm³/mol. The van der Waals surface area contributed by atoms with Crippen molar-refractivity contribution < 1.29 is 4.74 Å². The average molecular weight is 220 g/mol. The van der Waals surface area contributed by atoms with Gasteiger partial charge in [0.05, 0.1) is 6.61 Å². The Labute approximate surface area is 96.2 Å². The largest absolute Gasteiger partial charge is 0.383 e. The summed E-state index contributed by atoms with van der Waals surface area (Å²) in [6, 6.07) is 0. The molecule has 0 radical (unpaired) electrons. The molecule has 0 saturated heterocycles. The quantitative estimate of drug-likeness (QED) is 0.670. The molecule has 88 valence electrons. The van der Waals surface area contributed by atoms with E-state index in [9.17, 15) is 0 Å². The van der Waals surface area contributed by atoms with Crippen LogP contribution in [0.3, 0.4) is 0 Å². The molecule has 0 aliphatic heterocycles. The lowest BCUT2D eigenvalue weighted by Gasteiger charge is -2.03. The molecule has 1 aromatic rings. The highest BCUT2D eigenvalue weighted by atomic mass is 16.5. The highest BCUT2D eigenvalue weighted by molar-refractivity contribution is 5.39. The maximum absolute atomic E-state index is 4.99. The van der Waals surface area contributed by atoms with Crippen molar-refractivity contribution >= 4 is 12.2 Å². The summed E-state index contributed by atoms with van der Waals surface area (Å²) in [6.45, 7) is 2.73. The fourth-order valence-corrected chi connectivity index (χ4v) is 2.09. The topological polar surface area (TPSA) is 37.0 Å². The zero-order chi connectivity index (χ0) is 11.2. The standard InChI is InChI=1S/C13H20N2O/c1-16-9-8-14-7-6-11-10-15-13-5-3-2-4-12(11)13/h4-5,10,14-15H,2-3,6-9H2,1H3. The van der Waals surface area contributed by atoms with E-state index in [1.807, 2.05) is 0 Å². The second kappa shape index (κ2) is 5.87. The van der Waals surface area contributed by atoms with E-state index in [1.165, 1.54) is 29.0 Å². The summed E-state index contributed by atoms with van der Waals surface area (Å²) in [4.78, 5) is 3.34. The Morgan fingerprint density at radius 2 is 2.19 bits per heavy atom. The number of H-pyrrole nitrogens is 1. The van der Waals surface area contributed by atoms with Gasteiger partial charge < -0.3 is 15.0 Å². The van der Waals surface area contributed by atoms with E-state index in [0.29, 0.717) is 0 Å². The maximum atomic E-state index is 4.99. The molecule has 0 spiro atoms. The first-order valence-corrected chi connectivity index (χ1v) is 5.98. The number of fused-ring (bicyclic) bond motifs is 1. The summed E-state index contributed by atoms with van der Waals surface area (Å²) < 4.78 is 4.99. The van der Waals surface area contributed by atoms with Crippen LogP contribution in [0, 0.1) is 0 Å². The predicted octanol–water partition coefficient (Wildman–Crippen LogP) is 0.148. The number of hydrogen-bond acceptors (Lipinski definition) is 2. The maximum Gasteiger partial charge on any atom is 0.0587 e. The monoisotopic (exact) mass is 220 g/mol. The van der Waals surface area contributed by atoms with Gasteiger partial charge in [-0.25, -0.2) is 0 Å². The van der Waals surface area contributed by atoms with Crippen LogP contribution in [0.15, 0.2) is 6.20 Å². The van der Waals surface area contributed by atoms with Crippen molar-refractivity contribution in [3.8, 4) is 0 Å². The number of aromatic nitrogens is 1. The average Bonchev–Trinajstić information content (AvgIpc) is 2.73. The minimum atomic E-state index is 0.783. The van der Waals surface area contributed by atoms with Crippen molar-refractivity contribution in [3.63, 3.8) is 0 Å². The molecule has 1 aromatic heterocycles. The lowest BCUT2D eigenvalue weighted by Crippen LogP contribution is -2.29. The fourth-order valence-electron chi connectivity index (χ4n) is 2.09. The number of aromatic amines is 1. The van der Waals surface area contributed by atoms with Gasteiger partial charge in [-0.05, 0) is 36.6 Å². The van der Waals surface area contributed by atoms with Crippen molar-refractivity contribution in [1.29, 1.82) is 0 Å². The van der Waals surface area contributed by atoms with Crippen molar-refractivity contribution in [2.24, 2.45) is 0 Å². The summed E-state index contributed by atoms with van der Waals surface area (Å²) in [5, 5.41) is 6.09. The Morgan fingerprint density at radius 1 is 1.31 bits per heavy atom. The lowest BCUT2D eigenvalue weighted by molar-refractivity contribution is 0.199. The van der Waals surface area contributed by atoms with Gasteiger partial charge in [0.1, 0.15) is 0 Å². The molecular formula is C13H20N2O. The molecule has 0 saturated carbocycles. The van der Waals surface area contributed by atoms with Crippen molar-refractivity contribution in [3.05, 3.63) is 22.3 Å². The van der Waals surface area contributed by atoms with Crippen LogP contribution in [0.5, 0.6) is 0 Å². The third kappa shape index (κ3) is 2.74. The molecule has 0 unspecified atom stereocenters. The third-order valence-corrected chi connectivity index (χ3v) is 2.96. The van der Waals surface area contributed by atoms with Crippen LogP contribution in [0.1, 0.15) is 18.4 Å². The first-order valence-electron chi connectivity index (χ1n) is 5.98. The van der Waals surface area contributed by atoms with E-state index in [2.05, 4.69) is 28.6 Å². The number of ether oxygens (including phenoxy) is 1. The molecular weight excluding hydrogens is 200 g/mol. The van der Waals surface area contributed by atoms with Gasteiger partial charge in [-0.15, -0.1) is 0 Å². The van der Waals surface area contributed by atoms with Crippen LogP contribution >= 0.6 is 0 Å². The van der Waals surface area contributed by atoms with Gasteiger partial charge in [0.25, 0.3) is 0 Å². The third-order valence-electron chi connectivity index (χ3n) is 2.96.